The number of carbonyl (C=O) groups is 1. The second-order valence-electron chi connectivity index (χ2n) is 7.78. The third-order valence-electron chi connectivity index (χ3n) is 5.62. The molecule has 5 nitrogen and oxygen atoms in total. The van der Waals surface area contributed by atoms with Gasteiger partial charge in [-0.2, -0.15) is 5.10 Å². The molecular formula is C25H25Cl2N4O+. The van der Waals surface area contributed by atoms with Gasteiger partial charge in [0.2, 0.25) is 0 Å². The number of anilines is 1. The lowest BCUT2D eigenvalue weighted by Crippen LogP contribution is -3.13. The summed E-state index contributed by atoms with van der Waals surface area (Å²) in [5, 5.41) is 4.94. The van der Waals surface area contributed by atoms with Crippen LogP contribution in [0.25, 0.3) is 0 Å². The van der Waals surface area contributed by atoms with Gasteiger partial charge in [0.25, 0.3) is 5.91 Å². The molecule has 164 valence electrons. The number of para-hydroxylation sites is 1. The molecule has 1 heterocycles. The van der Waals surface area contributed by atoms with Gasteiger partial charge >= 0.3 is 0 Å². The van der Waals surface area contributed by atoms with Crippen molar-refractivity contribution in [3.8, 4) is 0 Å². The first-order valence-corrected chi connectivity index (χ1v) is 11.4. The largest absolute Gasteiger partial charge is 0.360 e. The van der Waals surface area contributed by atoms with Gasteiger partial charge in [-0.3, -0.25) is 4.79 Å². The van der Waals surface area contributed by atoms with E-state index >= 15 is 0 Å². The molecule has 4 rings (SSSR count). The lowest BCUT2D eigenvalue weighted by Gasteiger charge is -2.33. The van der Waals surface area contributed by atoms with Gasteiger partial charge in [0, 0.05) is 22.4 Å². The highest BCUT2D eigenvalue weighted by atomic mass is 35.5. The van der Waals surface area contributed by atoms with Crippen LogP contribution in [0.1, 0.15) is 21.5 Å². The molecule has 0 spiro atoms. The van der Waals surface area contributed by atoms with Crippen LogP contribution in [-0.2, 0) is 6.54 Å². The SMILES string of the molecule is O=C(N/N=C\c1c(Cl)cccc1Cl)c1ccc(C[NH+]2CCN(c3ccccc3)CC2)cc1. The van der Waals surface area contributed by atoms with E-state index in [4.69, 9.17) is 23.2 Å². The van der Waals surface area contributed by atoms with E-state index in [0.29, 0.717) is 21.2 Å². The first-order valence-electron chi connectivity index (χ1n) is 10.6. The molecule has 0 unspecified atom stereocenters. The summed E-state index contributed by atoms with van der Waals surface area (Å²) in [5.74, 6) is -0.278. The predicted molar refractivity (Wildman–Crippen MR) is 131 cm³/mol. The van der Waals surface area contributed by atoms with E-state index in [9.17, 15) is 4.79 Å². The minimum absolute atomic E-state index is 0.278. The molecule has 1 amide bonds. The zero-order valence-corrected chi connectivity index (χ0v) is 19.1. The summed E-state index contributed by atoms with van der Waals surface area (Å²) in [6, 6.07) is 23.5. The number of rotatable bonds is 6. The molecule has 2 N–H and O–H groups in total. The Balaban J connectivity index is 1.28. The second kappa shape index (κ2) is 10.6. The molecule has 1 aliphatic rings. The molecule has 0 atom stereocenters. The number of amides is 1. The fourth-order valence-electron chi connectivity index (χ4n) is 3.81. The Morgan fingerprint density at radius 1 is 0.938 bits per heavy atom. The van der Waals surface area contributed by atoms with Gasteiger partial charge in [-0.1, -0.05) is 59.6 Å². The number of carbonyl (C=O) groups excluding carboxylic acids is 1. The van der Waals surface area contributed by atoms with Crippen molar-refractivity contribution in [3.63, 3.8) is 0 Å². The molecule has 0 aromatic heterocycles. The van der Waals surface area contributed by atoms with E-state index in [1.165, 1.54) is 17.5 Å². The zero-order valence-electron chi connectivity index (χ0n) is 17.6. The van der Waals surface area contributed by atoms with Crippen molar-refractivity contribution in [2.75, 3.05) is 31.1 Å². The van der Waals surface area contributed by atoms with E-state index in [-0.39, 0.29) is 5.91 Å². The van der Waals surface area contributed by atoms with E-state index < -0.39 is 0 Å². The third-order valence-corrected chi connectivity index (χ3v) is 6.28. The van der Waals surface area contributed by atoms with Crippen LogP contribution in [-0.4, -0.2) is 38.3 Å². The standard InChI is InChI=1S/C25H24Cl2N4O/c26-23-7-4-8-24(27)22(23)17-28-29-25(32)20-11-9-19(10-12-20)18-30-13-15-31(16-14-30)21-5-2-1-3-6-21/h1-12,17H,13-16,18H2,(H,29,32)/p+1/b28-17-. The number of quaternary nitrogens is 1. The maximum atomic E-state index is 12.4. The van der Waals surface area contributed by atoms with Crippen LogP contribution in [0, 0.1) is 0 Å². The number of hydrazone groups is 1. The average molecular weight is 468 g/mol. The average Bonchev–Trinajstić information content (AvgIpc) is 2.82. The van der Waals surface area contributed by atoms with Crippen molar-refractivity contribution in [1.29, 1.82) is 0 Å². The molecule has 3 aromatic rings. The Hall–Kier alpha value is -2.86. The van der Waals surface area contributed by atoms with Gasteiger partial charge in [-0.05, 0) is 36.4 Å². The summed E-state index contributed by atoms with van der Waals surface area (Å²) in [6.45, 7) is 5.24. The fourth-order valence-corrected chi connectivity index (χ4v) is 4.31. The highest BCUT2D eigenvalue weighted by molar-refractivity contribution is 6.38. The van der Waals surface area contributed by atoms with Crippen LogP contribution in [0.4, 0.5) is 5.69 Å². The van der Waals surface area contributed by atoms with Crippen molar-refractivity contribution in [3.05, 3.63) is 99.5 Å². The molecule has 1 saturated heterocycles. The van der Waals surface area contributed by atoms with Crippen LogP contribution in [0.2, 0.25) is 10.0 Å². The molecule has 1 aliphatic heterocycles. The summed E-state index contributed by atoms with van der Waals surface area (Å²) >= 11 is 12.2. The van der Waals surface area contributed by atoms with E-state index in [1.807, 2.05) is 24.3 Å². The maximum Gasteiger partial charge on any atom is 0.271 e. The summed E-state index contributed by atoms with van der Waals surface area (Å²) in [6.07, 6.45) is 1.45. The number of hydrogen-bond acceptors (Lipinski definition) is 3. The highest BCUT2D eigenvalue weighted by Crippen LogP contribution is 2.22. The second-order valence-corrected chi connectivity index (χ2v) is 8.60. The number of benzene rings is 3. The molecule has 0 radical (unpaired) electrons. The smallest absolute Gasteiger partial charge is 0.271 e. The molecule has 0 saturated carbocycles. The molecular weight excluding hydrogens is 443 g/mol. The first-order chi connectivity index (χ1) is 15.6. The molecule has 0 aliphatic carbocycles. The summed E-state index contributed by atoms with van der Waals surface area (Å²) in [5.41, 5.74) is 6.16. The topological polar surface area (TPSA) is 49.1 Å². The van der Waals surface area contributed by atoms with Crippen LogP contribution in [0.5, 0.6) is 0 Å². The number of piperazine rings is 1. The summed E-state index contributed by atoms with van der Waals surface area (Å²) < 4.78 is 0. The van der Waals surface area contributed by atoms with Gasteiger partial charge in [-0.25, -0.2) is 5.43 Å². The summed E-state index contributed by atoms with van der Waals surface area (Å²) in [4.78, 5) is 16.4. The van der Waals surface area contributed by atoms with Crippen molar-refractivity contribution in [1.82, 2.24) is 5.43 Å². The predicted octanol–water partition coefficient (Wildman–Crippen LogP) is 3.66. The number of nitrogens with zero attached hydrogens (tertiary/aromatic N) is 2. The van der Waals surface area contributed by atoms with Crippen molar-refractivity contribution in [2.45, 2.75) is 6.54 Å². The number of halogens is 2. The Bertz CT molecular complexity index is 1060. The molecule has 0 bridgehead atoms. The normalized spacial score (nSPS) is 14.6. The van der Waals surface area contributed by atoms with Crippen LogP contribution in [0.3, 0.4) is 0 Å². The third kappa shape index (κ3) is 5.68. The van der Waals surface area contributed by atoms with Crippen molar-refractivity contribution in [2.24, 2.45) is 5.10 Å². The van der Waals surface area contributed by atoms with E-state index in [0.717, 1.165) is 32.7 Å². The monoisotopic (exact) mass is 467 g/mol. The Morgan fingerprint density at radius 3 is 2.25 bits per heavy atom. The highest BCUT2D eigenvalue weighted by Gasteiger charge is 2.20. The van der Waals surface area contributed by atoms with Crippen LogP contribution >= 0.6 is 23.2 Å². The lowest BCUT2D eigenvalue weighted by atomic mass is 10.1. The van der Waals surface area contributed by atoms with Gasteiger partial charge in [0.1, 0.15) is 6.54 Å². The lowest BCUT2D eigenvalue weighted by molar-refractivity contribution is -0.914. The van der Waals surface area contributed by atoms with Crippen molar-refractivity contribution >= 4 is 41.0 Å². The minimum atomic E-state index is -0.278. The number of hydrogen-bond donors (Lipinski definition) is 2. The molecule has 3 aromatic carbocycles. The quantitative estimate of drug-likeness (QED) is 0.429. The molecule has 7 heteroatoms. The first kappa shape index (κ1) is 22.3. The van der Waals surface area contributed by atoms with Crippen LogP contribution < -0.4 is 15.2 Å². The number of nitrogens with one attached hydrogen (secondary N) is 2. The maximum absolute atomic E-state index is 12.4. The molecule has 1 fully saturated rings. The molecule has 32 heavy (non-hydrogen) atoms. The Morgan fingerprint density at radius 2 is 1.59 bits per heavy atom. The van der Waals surface area contributed by atoms with Gasteiger partial charge in [-0.15, -0.1) is 0 Å². The van der Waals surface area contributed by atoms with Gasteiger partial charge < -0.3 is 9.80 Å². The summed E-state index contributed by atoms with van der Waals surface area (Å²) in [7, 11) is 0. The van der Waals surface area contributed by atoms with Gasteiger partial charge in [0.05, 0.1) is 42.4 Å². The Labute approximate surface area is 198 Å². The minimum Gasteiger partial charge on any atom is -0.360 e. The Kier molecular flexibility index (Phi) is 7.43. The zero-order chi connectivity index (χ0) is 22.3. The van der Waals surface area contributed by atoms with Crippen LogP contribution in [0.15, 0.2) is 77.9 Å². The van der Waals surface area contributed by atoms with Gasteiger partial charge in [0.15, 0.2) is 0 Å². The van der Waals surface area contributed by atoms with Crippen molar-refractivity contribution < 1.29 is 9.69 Å². The van der Waals surface area contributed by atoms with E-state index in [1.54, 1.807) is 23.1 Å². The van der Waals surface area contributed by atoms with E-state index in [2.05, 4.69) is 45.8 Å². The fraction of sp³-hybridized carbons (Fsp3) is 0.200.